The van der Waals surface area contributed by atoms with Crippen LogP contribution in [-0.2, 0) is 0 Å². The smallest absolute Gasteiger partial charge is 0.216 e. The van der Waals surface area contributed by atoms with Gasteiger partial charge < -0.3 is 0 Å². The Morgan fingerprint density at radius 3 is 2.23 bits per heavy atom. The Kier molecular flexibility index (Phi) is 4.87. The number of nitrogens with zero attached hydrogens (tertiary/aromatic N) is 3. The Morgan fingerprint density at radius 2 is 1.57 bits per heavy atom. The Bertz CT molecular complexity index is 1450. The molecule has 0 unspecified atom stereocenters. The second-order valence-electron chi connectivity index (χ2n) is 6.77. The van der Waals surface area contributed by atoms with E-state index in [2.05, 4.69) is 45.6 Å². The van der Waals surface area contributed by atoms with Crippen molar-refractivity contribution < 1.29 is 0 Å². The van der Waals surface area contributed by atoms with Gasteiger partial charge in [-0.2, -0.15) is 14.9 Å². The summed E-state index contributed by atoms with van der Waals surface area (Å²) >= 11 is 17.8. The van der Waals surface area contributed by atoms with Crippen molar-refractivity contribution in [3.63, 3.8) is 0 Å². The quantitative estimate of drug-likeness (QED) is 0.181. The van der Waals surface area contributed by atoms with Gasteiger partial charge in [-0.25, -0.2) is 5.10 Å². The highest BCUT2D eigenvalue weighted by atomic mass is 35.5. The van der Waals surface area contributed by atoms with Crippen LogP contribution in [0.3, 0.4) is 0 Å². The molecule has 7 heteroatoms. The molecule has 1 heterocycles. The highest BCUT2D eigenvalue weighted by molar-refractivity contribution is 7.71. The zero-order valence-electron chi connectivity index (χ0n) is 15.5. The van der Waals surface area contributed by atoms with Gasteiger partial charge in [-0.3, -0.25) is 0 Å². The van der Waals surface area contributed by atoms with Gasteiger partial charge in [0, 0.05) is 16.1 Å². The molecule has 0 fully saturated rings. The standard InChI is InChI=1S/C23H14Cl2N4S/c24-16-9-10-19(21(25)12-16)22-27-28-23(30)29(22)26-13-20-17-7-3-1-5-14(17)11-15-6-2-4-8-18(15)20/h1-13H,(H,28,30)/b26-13+. The number of H-pyrrole nitrogens is 1. The molecular formula is C23H14Cl2N4S. The van der Waals surface area contributed by atoms with E-state index in [1.807, 2.05) is 30.5 Å². The lowest BCUT2D eigenvalue weighted by molar-refractivity contribution is 0.872. The number of halogens is 2. The van der Waals surface area contributed by atoms with Crippen molar-refractivity contribution in [1.29, 1.82) is 0 Å². The maximum absolute atomic E-state index is 6.38. The predicted octanol–water partition coefficient (Wildman–Crippen LogP) is 7.10. The molecular weight excluding hydrogens is 435 g/mol. The minimum Gasteiger partial charge on any atom is -0.250 e. The fraction of sp³-hybridized carbons (Fsp3) is 0. The van der Waals surface area contributed by atoms with E-state index < -0.39 is 0 Å². The summed E-state index contributed by atoms with van der Waals surface area (Å²) in [7, 11) is 0. The summed E-state index contributed by atoms with van der Waals surface area (Å²) in [5, 5.41) is 17.3. The van der Waals surface area contributed by atoms with E-state index >= 15 is 0 Å². The van der Waals surface area contributed by atoms with Gasteiger partial charge in [0.15, 0.2) is 5.82 Å². The third kappa shape index (κ3) is 3.31. The van der Waals surface area contributed by atoms with Crippen LogP contribution in [0.25, 0.3) is 32.9 Å². The summed E-state index contributed by atoms with van der Waals surface area (Å²) in [6.07, 6.45) is 1.82. The molecule has 0 atom stereocenters. The lowest BCUT2D eigenvalue weighted by Gasteiger charge is -2.08. The highest BCUT2D eigenvalue weighted by Crippen LogP contribution is 2.30. The Balaban J connectivity index is 1.71. The van der Waals surface area contributed by atoms with Crippen LogP contribution in [0, 0.1) is 4.77 Å². The first-order valence-electron chi connectivity index (χ1n) is 9.19. The van der Waals surface area contributed by atoms with Crippen LogP contribution < -0.4 is 0 Å². The summed E-state index contributed by atoms with van der Waals surface area (Å²) in [6.45, 7) is 0. The summed E-state index contributed by atoms with van der Waals surface area (Å²) in [5.41, 5.74) is 1.70. The van der Waals surface area contributed by atoms with Crippen LogP contribution in [0.1, 0.15) is 5.56 Å². The molecule has 4 nitrogen and oxygen atoms in total. The zero-order chi connectivity index (χ0) is 20.7. The first-order chi connectivity index (χ1) is 14.6. The molecule has 0 aliphatic rings. The van der Waals surface area contributed by atoms with Gasteiger partial charge in [0.05, 0.1) is 11.2 Å². The molecule has 4 aromatic carbocycles. The van der Waals surface area contributed by atoms with E-state index in [4.69, 9.17) is 35.4 Å². The molecule has 0 bridgehead atoms. The van der Waals surface area contributed by atoms with Crippen molar-refractivity contribution >= 4 is 63.2 Å². The molecule has 146 valence electrons. The number of fused-ring (bicyclic) bond motifs is 2. The Morgan fingerprint density at radius 1 is 0.900 bits per heavy atom. The van der Waals surface area contributed by atoms with Gasteiger partial charge >= 0.3 is 0 Å². The van der Waals surface area contributed by atoms with Crippen LogP contribution in [0.5, 0.6) is 0 Å². The van der Waals surface area contributed by atoms with E-state index in [1.54, 1.807) is 22.9 Å². The van der Waals surface area contributed by atoms with Gasteiger partial charge in [0.25, 0.3) is 0 Å². The highest BCUT2D eigenvalue weighted by Gasteiger charge is 2.13. The van der Waals surface area contributed by atoms with Gasteiger partial charge in [0.2, 0.25) is 4.77 Å². The molecule has 30 heavy (non-hydrogen) atoms. The van der Waals surface area contributed by atoms with Crippen LogP contribution in [0.15, 0.2) is 77.9 Å². The first-order valence-corrected chi connectivity index (χ1v) is 10.4. The molecule has 1 aromatic heterocycles. The molecule has 0 amide bonds. The fourth-order valence-corrected chi connectivity index (χ4v) is 4.22. The fourth-order valence-electron chi connectivity index (χ4n) is 3.55. The molecule has 0 saturated carbocycles. The van der Waals surface area contributed by atoms with Gasteiger partial charge in [-0.1, -0.05) is 71.7 Å². The van der Waals surface area contributed by atoms with Crippen molar-refractivity contribution in [1.82, 2.24) is 14.9 Å². The van der Waals surface area contributed by atoms with Gasteiger partial charge in [-0.05, 0) is 58.0 Å². The number of nitrogens with one attached hydrogen (secondary N) is 1. The number of benzene rings is 4. The van der Waals surface area contributed by atoms with Crippen LogP contribution in [0.4, 0.5) is 0 Å². The summed E-state index contributed by atoms with van der Waals surface area (Å²) in [5.74, 6) is 0.516. The van der Waals surface area contributed by atoms with Gasteiger partial charge in [-0.15, -0.1) is 0 Å². The average Bonchev–Trinajstić information content (AvgIpc) is 3.11. The zero-order valence-corrected chi connectivity index (χ0v) is 17.8. The summed E-state index contributed by atoms with van der Waals surface area (Å²) in [6, 6.07) is 23.9. The van der Waals surface area contributed by atoms with Crippen molar-refractivity contribution in [2.75, 3.05) is 0 Å². The summed E-state index contributed by atoms with van der Waals surface area (Å²) < 4.78 is 1.94. The van der Waals surface area contributed by atoms with Crippen molar-refractivity contribution in [2.45, 2.75) is 0 Å². The maximum atomic E-state index is 6.38. The Labute approximate surface area is 187 Å². The average molecular weight is 449 g/mol. The second kappa shape index (κ2) is 7.69. The predicted molar refractivity (Wildman–Crippen MR) is 127 cm³/mol. The normalized spacial score (nSPS) is 11.7. The molecule has 5 rings (SSSR count). The minimum atomic E-state index is 0.372. The number of aromatic nitrogens is 3. The SMILES string of the molecule is S=c1[nH]nc(-c2ccc(Cl)cc2Cl)n1/N=C/c1c2ccccc2cc2ccccc12. The number of hydrogen-bond donors (Lipinski definition) is 1. The number of hydrogen-bond acceptors (Lipinski definition) is 3. The lowest BCUT2D eigenvalue weighted by atomic mass is 9.97. The molecule has 0 spiro atoms. The van der Waals surface area contributed by atoms with Crippen molar-refractivity contribution in [2.24, 2.45) is 5.10 Å². The third-order valence-electron chi connectivity index (χ3n) is 4.94. The van der Waals surface area contributed by atoms with Gasteiger partial charge in [0.1, 0.15) is 0 Å². The van der Waals surface area contributed by atoms with E-state index in [-0.39, 0.29) is 0 Å². The minimum absolute atomic E-state index is 0.372. The van der Waals surface area contributed by atoms with E-state index in [0.717, 1.165) is 27.1 Å². The number of aromatic amines is 1. The largest absolute Gasteiger partial charge is 0.250 e. The molecule has 0 aliphatic carbocycles. The Hall–Kier alpha value is -2.99. The maximum Gasteiger partial charge on any atom is 0.216 e. The molecule has 1 N–H and O–H groups in total. The number of rotatable bonds is 3. The van der Waals surface area contributed by atoms with Crippen LogP contribution >= 0.6 is 35.4 Å². The molecule has 0 aliphatic heterocycles. The molecule has 5 aromatic rings. The van der Waals surface area contributed by atoms with Crippen LogP contribution in [0.2, 0.25) is 10.0 Å². The van der Waals surface area contributed by atoms with E-state index in [1.165, 1.54) is 0 Å². The topological polar surface area (TPSA) is 46.0 Å². The monoisotopic (exact) mass is 448 g/mol. The third-order valence-corrected chi connectivity index (χ3v) is 5.75. The van der Waals surface area contributed by atoms with E-state index in [0.29, 0.717) is 26.2 Å². The van der Waals surface area contributed by atoms with Crippen molar-refractivity contribution in [3.05, 3.63) is 93.2 Å². The van der Waals surface area contributed by atoms with Crippen LogP contribution in [-0.4, -0.2) is 21.1 Å². The molecule has 0 radical (unpaired) electrons. The second-order valence-corrected chi connectivity index (χ2v) is 8.00. The lowest BCUT2D eigenvalue weighted by Crippen LogP contribution is -1.97. The first kappa shape index (κ1) is 19.0. The van der Waals surface area contributed by atoms with Crippen molar-refractivity contribution in [3.8, 4) is 11.4 Å². The summed E-state index contributed by atoms with van der Waals surface area (Å²) in [4.78, 5) is 0. The molecule has 0 saturated heterocycles. The van der Waals surface area contributed by atoms with E-state index in [9.17, 15) is 0 Å².